The van der Waals surface area contributed by atoms with Crippen LogP contribution in [0.3, 0.4) is 0 Å². The normalized spacial score (nSPS) is 23.5. The van der Waals surface area contributed by atoms with E-state index in [1.165, 1.54) is 35.5 Å². The number of para-hydroxylation sites is 1. The molecule has 0 saturated carbocycles. The van der Waals surface area contributed by atoms with Crippen LogP contribution in [0.25, 0.3) is 0 Å². The first-order valence-corrected chi connectivity index (χ1v) is 8.51. The van der Waals surface area contributed by atoms with E-state index in [-0.39, 0.29) is 0 Å². The maximum Gasteiger partial charge on any atom is 0.0642 e. The Morgan fingerprint density at radius 3 is 2.61 bits per heavy atom. The summed E-state index contributed by atoms with van der Waals surface area (Å²) in [7, 11) is 4.50. The number of nitrogens with one attached hydrogen (secondary N) is 1. The van der Waals surface area contributed by atoms with Gasteiger partial charge in [-0.1, -0.05) is 29.8 Å². The Balaban J connectivity index is 1.70. The molecule has 0 amide bonds. The summed E-state index contributed by atoms with van der Waals surface area (Å²) >= 11 is 0. The zero-order chi connectivity index (χ0) is 16.0. The summed E-state index contributed by atoms with van der Waals surface area (Å²) in [6, 6.07) is 16.0. The minimum Gasteiger partial charge on any atom is -0.369 e. The van der Waals surface area contributed by atoms with Gasteiger partial charge in [-0.15, -0.1) is 0 Å². The zero-order valence-electron chi connectivity index (χ0n) is 14.2. The largest absolute Gasteiger partial charge is 0.369 e. The van der Waals surface area contributed by atoms with Crippen LogP contribution in [0.4, 0.5) is 17.1 Å². The molecule has 2 aliphatic rings. The van der Waals surface area contributed by atoms with Crippen molar-refractivity contribution in [1.82, 2.24) is 4.90 Å². The summed E-state index contributed by atoms with van der Waals surface area (Å²) in [6.07, 6.45) is 1.25. The summed E-state index contributed by atoms with van der Waals surface area (Å²) in [5.74, 6) is 0.633. The van der Waals surface area contributed by atoms with Gasteiger partial charge in [0, 0.05) is 31.2 Å². The molecule has 0 aromatic heterocycles. The fourth-order valence-electron chi connectivity index (χ4n) is 4.19. The quantitative estimate of drug-likeness (QED) is 0.905. The average Bonchev–Trinajstić information content (AvgIpc) is 2.83. The van der Waals surface area contributed by atoms with Crippen LogP contribution in [0.1, 0.15) is 23.5 Å². The Morgan fingerprint density at radius 1 is 1.04 bits per heavy atom. The van der Waals surface area contributed by atoms with E-state index in [1.54, 1.807) is 0 Å². The van der Waals surface area contributed by atoms with Crippen molar-refractivity contribution in [2.75, 3.05) is 37.4 Å². The number of hydrogen-bond donors (Lipinski definition) is 1. The van der Waals surface area contributed by atoms with Gasteiger partial charge in [0.2, 0.25) is 0 Å². The molecule has 3 heteroatoms. The number of piperidine rings is 1. The molecular formula is C20H25N3. The van der Waals surface area contributed by atoms with Gasteiger partial charge in [0.25, 0.3) is 0 Å². The monoisotopic (exact) mass is 307 g/mol. The summed E-state index contributed by atoms with van der Waals surface area (Å²) in [4.78, 5) is 4.97. The first kappa shape index (κ1) is 14.6. The van der Waals surface area contributed by atoms with Crippen molar-refractivity contribution < 1.29 is 0 Å². The maximum absolute atomic E-state index is 3.63. The molecule has 23 heavy (non-hydrogen) atoms. The number of rotatable bonds is 2. The van der Waals surface area contributed by atoms with Gasteiger partial charge in [-0.3, -0.25) is 0 Å². The van der Waals surface area contributed by atoms with E-state index in [2.05, 4.69) is 78.6 Å². The second kappa shape index (κ2) is 5.57. The Hall–Kier alpha value is -2.00. The van der Waals surface area contributed by atoms with Crippen LogP contribution in [-0.4, -0.2) is 38.1 Å². The second-order valence-electron chi connectivity index (χ2n) is 7.07. The van der Waals surface area contributed by atoms with Gasteiger partial charge in [0.05, 0.1) is 11.4 Å². The average molecular weight is 307 g/mol. The topological polar surface area (TPSA) is 18.5 Å². The van der Waals surface area contributed by atoms with Crippen molar-refractivity contribution in [3.8, 4) is 0 Å². The minimum absolute atomic E-state index is 0.633. The fraction of sp³-hybridized carbons (Fsp3) is 0.400. The number of likely N-dealkylation sites (tertiary alicyclic amines) is 1. The third-order valence-corrected chi connectivity index (χ3v) is 5.43. The number of nitrogens with zero attached hydrogens (tertiary/aromatic N) is 2. The van der Waals surface area contributed by atoms with Crippen LogP contribution in [0.5, 0.6) is 0 Å². The molecule has 2 unspecified atom stereocenters. The minimum atomic E-state index is 0.633. The molecule has 4 rings (SSSR count). The molecule has 0 radical (unpaired) electrons. The molecule has 1 saturated heterocycles. The first-order valence-electron chi connectivity index (χ1n) is 8.51. The van der Waals surface area contributed by atoms with Gasteiger partial charge in [0.1, 0.15) is 0 Å². The highest BCUT2D eigenvalue weighted by atomic mass is 15.2. The van der Waals surface area contributed by atoms with Gasteiger partial charge >= 0.3 is 0 Å². The van der Waals surface area contributed by atoms with Crippen LogP contribution >= 0.6 is 0 Å². The molecular weight excluding hydrogens is 282 g/mol. The zero-order valence-corrected chi connectivity index (χ0v) is 14.2. The van der Waals surface area contributed by atoms with E-state index >= 15 is 0 Å². The van der Waals surface area contributed by atoms with Crippen molar-refractivity contribution in [3.63, 3.8) is 0 Å². The van der Waals surface area contributed by atoms with Gasteiger partial charge in [0.15, 0.2) is 0 Å². The third kappa shape index (κ3) is 2.49. The standard InChI is InChI=1S/C20H25N3/c1-14-7-9-15(10-8-14)21-18-6-4-5-16-17-13-22(2)12-11-19(17)23(3)20(16)18/h4-10,17,19,21H,11-13H2,1-3H3. The van der Waals surface area contributed by atoms with E-state index in [0.29, 0.717) is 12.0 Å². The lowest BCUT2D eigenvalue weighted by molar-refractivity contribution is 0.234. The van der Waals surface area contributed by atoms with Crippen molar-refractivity contribution in [3.05, 3.63) is 53.6 Å². The molecule has 0 aliphatic carbocycles. The molecule has 2 aliphatic heterocycles. The number of likely N-dealkylation sites (N-methyl/N-ethyl adjacent to an activating group) is 2. The Labute approximate surface area is 138 Å². The molecule has 0 bridgehead atoms. The Kier molecular flexibility index (Phi) is 3.53. The summed E-state index contributed by atoms with van der Waals surface area (Å²) in [5, 5.41) is 3.63. The highest BCUT2D eigenvalue weighted by Crippen LogP contribution is 2.47. The van der Waals surface area contributed by atoms with Crippen molar-refractivity contribution in [2.24, 2.45) is 0 Å². The molecule has 2 atom stereocenters. The van der Waals surface area contributed by atoms with E-state index in [1.807, 2.05) is 0 Å². The van der Waals surface area contributed by atoms with E-state index in [4.69, 9.17) is 0 Å². The second-order valence-corrected chi connectivity index (χ2v) is 7.07. The van der Waals surface area contributed by atoms with Crippen molar-refractivity contribution >= 4 is 17.1 Å². The lowest BCUT2D eigenvalue weighted by atomic mass is 9.89. The Bertz CT molecular complexity index is 707. The summed E-state index contributed by atoms with van der Waals surface area (Å²) < 4.78 is 0. The number of aryl methyl sites for hydroxylation is 1. The van der Waals surface area contributed by atoms with Crippen LogP contribution in [-0.2, 0) is 0 Å². The molecule has 2 aromatic rings. The SMILES string of the molecule is Cc1ccc(Nc2cccc3c2N(C)C2CCN(C)CC32)cc1. The molecule has 2 heterocycles. The van der Waals surface area contributed by atoms with Crippen LogP contribution in [0, 0.1) is 6.92 Å². The van der Waals surface area contributed by atoms with Crippen molar-refractivity contribution in [1.29, 1.82) is 0 Å². The van der Waals surface area contributed by atoms with Crippen LogP contribution in [0.15, 0.2) is 42.5 Å². The van der Waals surface area contributed by atoms with Gasteiger partial charge in [-0.05, 0) is 50.7 Å². The molecule has 1 fully saturated rings. The van der Waals surface area contributed by atoms with Crippen LogP contribution in [0.2, 0.25) is 0 Å². The molecule has 1 N–H and O–H groups in total. The van der Waals surface area contributed by atoms with Crippen LogP contribution < -0.4 is 10.2 Å². The van der Waals surface area contributed by atoms with Gasteiger partial charge in [-0.2, -0.15) is 0 Å². The molecule has 120 valence electrons. The maximum atomic E-state index is 3.63. The van der Waals surface area contributed by atoms with Gasteiger partial charge < -0.3 is 15.1 Å². The fourth-order valence-corrected chi connectivity index (χ4v) is 4.19. The lowest BCUT2D eigenvalue weighted by Crippen LogP contribution is -2.43. The highest BCUT2D eigenvalue weighted by molar-refractivity contribution is 5.81. The molecule has 0 spiro atoms. The number of fused-ring (bicyclic) bond motifs is 3. The molecule has 2 aromatic carbocycles. The first-order chi connectivity index (χ1) is 11.1. The summed E-state index contributed by atoms with van der Waals surface area (Å²) in [5.41, 5.74) is 6.56. The number of anilines is 3. The van der Waals surface area contributed by atoms with Gasteiger partial charge in [-0.25, -0.2) is 0 Å². The molecule has 3 nitrogen and oxygen atoms in total. The number of benzene rings is 2. The van der Waals surface area contributed by atoms with E-state index < -0.39 is 0 Å². The summed E-state index contributed by atoms with van der Waals surface area (Å²) in [6.45, 7) is 4.48. The Morgan fingerprint density at radius 2 is 1.83 bits per heavy atom. The predicted octanol–water partition coefficient (Wildman–Crippen LogP) is 3.98. The predicted molar refractivity (Wildman–Crippen MR) is 97.9 cm³/mol. The van der Waals surface area contributed by atoms with E-state index in [0.717, 1.165) is 12.2 Å². The lowest BCUT2D eigenvalue weighted by Gasteiger charge is -2.35. The van der Waals surface area contributed by atoms with E-state index in [9.17, 15) is 0 Å². The third-order valence-electron chi connectivity index (χ3n) is 5.43. The smallest absolute Gasteiger partial charge is 0.0642 e. The number of hydrogen-bond acceptors (Lipinski definition) is 3. The highest BCUT2D eigenvalue weighted by Gasteiger charge is 2.40. The van der Waals surface area contributed by atoms with Crippen molar-refractivity contribution in [2.45, 2.75) is 25.3 Å².